The van der Waals surface area contributed by atoms with Crippen LogP contribution in [-0.4, -0.2) is 34.6 Å². The molecule has 1 aromatic heterocycles. The van der Waals surface area contributed by atoms with Gasteiger partial charge in [0.05, 0.1) is 4.90 Å². The van der Waals surface area contributed by atoms with Crippen molar-refractivity contribution in [1.82, 2.24) is 4.98 Å². The molecule has 9 heteroatoms. The first-order valence-corrected chi connectivity index (χ1v) is 11.1. The number of hydrogen-bond acceptors (Lipinski definition) is 7. The minimum Gasteiger partial charge on any atom is -0.374 e. The Bertz CT molecular complexity index is 898. The van der Waals surface area contributed by atoms with Gasteiger partial charge in [-0.3, -0.25) is 0 Å². The molecule has 0 saturated heterocycles. The number of thiazole rings is 1. The van der Waals surface area contributed by atoms with E-state index in [1.165, 1.54) is 12.1 Å². The van der Waals surface area contributed by atoms with E-state index in [2.05, 4.69) is 10.3 Å². The van der Waals surface area contributed by atoms with E-state index in [1.807, 2.05) is 13.8 Å². The summed E-state index contributed by atoms with van der Waals surface area (Å²) < 4.78 is 48.8. The third-order valence-corrected chi connectivity index (χ3v) is 7.53. The van der Waals surface area contributed by atoms with Crippen LogP contribution in [0.4, 0.5) is 5.00 Å². The lowest BCUT2D eigenvalue weighted by molar-refractivity contribution is 0.591. The molecule has 1 heterocycles. The van der Waals surface area contributed by atoms with Gasteiger partial charge in [-0.1, -0.05) is 36.0 Å². The zero-order chi connectivity index (χ0) is 17.3. The van der Waals surface area contributed by atoms with Crippen molar-refractivity contribution >= 4 is 36.0 Å². The van der Waals surface area contributed by atoms with Crippen molar-refractivity contribution < 1.29 is 16.8 Å². The standard InChI is InChI=1S/C14H18N2O4S3/c1-4-9-15-12-13(16-14(21-12)22(3,17)18)23(19,20)11-7-5-10(2)6-8-11/h5-8,15H,4,9H2,1-3H3. The van der Waals surface area contributed by atoms with Crippen LogP contribution in [0.25, 0.3) is 0 Å². The molecule has 0 aliphatic rings. The van der Waals surface area contributed by atoms with Crippen LogP contribution in [0.3, 0.4) is 0 Å². The van der Waals surface area contributed by atoms with Gasteiger partial charge in [0.15, 0.2) is 5.03 Å². The smallest absolute Gasteiger partial charge is 0.226 e. The van der Waals surface area contributed by atoms with Crippen molar-refractivity contribution in [2.45, 2.75) is 34.5 Å². The number of nitrogens with one attached hydrogen (secondary N) is 1. The first-order valence-electron chi connectivity index (χ1n) is 6.92. The molecule has 0 aliphatic carbocycles. The van der Waals surface area contributed by atoms with Crippen LogP contribution in [-0.2, 0) is 19.7 Å². The molecule has 6 nitrogen and oxygen atoms in total. The molecule has 2 aromatic rings. The number of hydrogen-bond donors (Lipinski definition) is 1. The Labute approximate surface area is 140 Å². The molecule has 1 aromatic carbocycles. The van der Waals surface area contributed by atoms with Crippen molar-refractivity contribution in [3.05, 3.63) is 29.8 Å². The van der Waals surface area contributed by atoms with Gasteiger partial charge in [0.2, 0.25) is 24.0 Å². The summed E-state index contributed by atoms with van der Waals surface area (Å²) in [5.41, 5.74) is 0.934. The van der Waals surface area contributed by atoms with E-state index in [9.17, 15) is 16.8 Å². The average molecular weight is 375 g/mol. The van der Waals surface area contributed by atoms with Gasteiger partial charge >= 0.3 is 0 Å². The molecule has 23 heavy (non-hydrogen) atoms. The van der Waals surface area contributed by atoms with Crippen LogP contribution >= 0.6 is 11.3 Å². The summed E-state index contributed by atoms with van der Waals surface area (Å²) in [6.07, 6.45) is 1.79. The zero-order valence-electron chi connectivity index (χ0n) is 13.0. The maximum atomic E-state index is 12.8. The molecule has 0 aliphatic heterocycles. The largest absolute Gasteiger partial charge is 0.374 e. The Balaban J connectivity index is 2.59. The molecular formula is C14H18N2O4S3. The van der Waals surface area contributed by atoms with E-state index in [1.54, 1.807) is 12.1 Å². The predicted octanol–water partition coefficient (Wildman–Crippen LogP) is 2.51. The fourth-order valence-electron chi connectivity index (χ4n) is 1.81. The second-order valence-corrected chi connectivity index (χ2v) is 10.2. The van der Waals surface area contributed by atoms with Crippen molar-refractivity contribution in [2.75, 3.05) is 18.1 Å². The van der Waals surface area contributed by atoms with Gasteiger partial charge in [-0.15, -0.1) is 0 Å². The van der Waals surface area contributed by atoms with E-state index in [-0.39, 0.29) is 19.3 Å². The van der Waals surface area contributed by atoms with Crippen molar-refractivity contribution in [1.29, 1.82) is 0 Å². The quantitative estimate of drug-likeness (QED) is 0.835. The maximum Gasteiger partial charge on any atom is 0.226 e. The molecule has 126 valence electrons. The summed E-state index contributed by atoms with van der Waals surface area (Å²) in [7, 11) is -7.46. The van der Waals surface area contributed by atoms with Crippen LogP contribution in [0.2, 0.25) is 0 Å². The predicted molar refractivity (Wildman–Crippen MR) is 90.6 cm³/mol. The molecule has 0 bridgehead atoms. The lowest BCUT2D eigenvalue weighted by Crippen LogP contribution is -2.08. The Hall–Kier alpha value is -1.45. The van der Waals surface area contributed by atoms with E-state index < -0.39 is 19.7 Å². The zero-order valence-corrected chi connectivity index (χ0v) is 15.5. The number of aromatic nitrogens is 1. The van der Waals surface area contributed by atoms with Gasteiger partial charge in [-0.2, -0.15) is 0 Å². The van der Waals surface area contributed by atoms with Gasteiger partial charge in [0.1, 0.15) is 5.00 Å². The number of anilines is 1. The molecule has 0 atom stereocenters. The second-order valence-electron chi connectivity index (χ2n) is 5.13. The average Bonchev–Trinajstić information content (AvgIpc) is 2.90. The van der Waals surface area contributed by atoms with Crippen LogP contribution in [0, 0.1) is 6.92 Å². The normalized spacial score (nSPS) is 12.3. The van der Waals surface area contributed by atoms with Crippen LogP contribution < -0.4 is 5.32 Å². The molecule has 0 saturated carbocycles. The van der Waals surface area contributed by atoms with Crippen LogP contribution in [0.15, 0.2) is 38.5 Å². The summed E-state index contributed by atoms with van der Waals surface area (Å²) in [6, 6.07) is 6.37. The minimum atomic E-state index is -3.88. The van der Waals surface area contributed by atoms with E-state index in [4.69, 9.17) is 0 Å². The Kier molecular flexibility index (Phi) is 5.12. The molecule has 0 radical (unpaired) electrons. The van der Waals surface area contributed by atoms with Crippen LogP contribution in [0.5, 0.6) is 0 Å². The van der Waals surface area contributed by atoms with E-state index >= 15 is 0 Å². The second kappa shape index (κ2) is 6.58. The SMILES string of the molecule is CCCNc1sc(S(C)(=O)=O)nc1S(=O)(=O)c1ccc(C)cc1. The molecule has 0 spiro atoms. The number of aryl methyl sites for hydroxylation is 1. The molecule has 0 unspecified atom stereocenters. The van der Waals surface area contributed by atoms with Crippen molar-refractivity contribution in [3.63, 3.8) is 0 Å². The third kappa shape index (κ3) is 3.91. The van der Waals surface area contributed by atoms with Crippen molar-refractivity contribution in [3.8, 4) is 0 Å². The lowest BCUT2D eigenvalue weighted by atomic mass is 10.2. The fourth-order valence-corrected chi connectivity index (χ4v) is 5.35. The molecule has 0 amide bonds. The van der Waals surface area contributed by atoms with E-state index in [0.717, 1.165) is 29.6 Å². The minimum absolute atomic E-state index is 0.0907. The number of benzene rings is 1. The first kappa shape index (κ1) is 17.9. The summed E-state index contributed by atoms with van der Waals surface area (Å²) in [6.45, 7) is 4.32. The Morgan fingerprint density at radius 3 is 2.26 bits per heavy atom. The van der Waals surface area contributed by atoms with Crippen molar-refractivity contribution in [2.24, 2.45) is 0 Å². The lowest BCUT2D eigenvalue weighted by Gasteiger charge is -2.06. The maximum absolute atomic E-state index is 12.8. The number of rotatable bonds is 6. The topological polar surface area (TPSA) is 93.2 Å². The first-order chi connectivity index (χ1) is 10.7. The van der Waals surface area contributed by atoms with Crippen LogP contribution in [0.1, 0.15) is 18.9 Å². The summed E-state index contributed by atoms with van der Waals surface area (Å²) in [5, 5.41) is 2.98. The highest BCUT2D eigenvalue weighted by molar-refractivity contribution is 7.93. The molecule has 1 N–H and O–H groups in total. The number of sulfone groups is 2. The van der Waals surface area contributed by atoms with Gasteiger partial charge in [0.25, 0.3) is 0 Å². The highest BCUT2D eigenvalue weighted by Gasteiger charge is 2.28. The van der Waals surface area contributed by atoms with Gasteiger partial charge in [-0.05, 0) is 25.5 Å². The van der Waals surface area contributed by atoms with Gasteiger partial charge in [-0.25, -0.2) is 21.8 Å². The molecular weight excluding hydrogens is 356 g/mol. The van der Waals surface area contributed by atoms with E-state index in [0.29, 0.717) is 6.54 Å². The Morgan fingerprint density at radius 2 is 1.74 bits per heavy atom. The highest BCUT2D eigenvalue weighted by atomic mass is 32.2. The number of nitrogens with zero attached hydrogens (tertiary/aromatic N) is 1. The third-order valence-electron chi connectivity index (χ3n) is 3.02. The highest BCUT2D eigenvalue weighted by Crippen LogP contribution is 2.34. The summed E-state index contributed by atoms with van der Waals surface area (Å²) in [5.74, 6) is 0. The van der Waals surface area contributed by atoms with Gasteiger partial charge in [0, 0.05) is 12.8 Å². The Morgan fingerprint density at radius 1 is 1.13 bits per heavy atom. The fraction of sp³-hybridized carbons (Fsp3) is 0.357. The molecule has 2 rings (SSSR count). The summed E-state index contributed by atoms with van der Waals surface area (Å²) >= 11 is 0.842. The summed E-state index contributed by atoms with van der Waals surface area (Å²) in [4.78, 5) is 3.98. The molecule has 0 fully saturated rings. The van der Waals surface area contributed by atoms with Gasteiger partial charge < -0.3 is 5.32 Å². The monoisotopic (exact) mass is 374 g/mol.